The highest BCUT2D eigenvalue weighted by Crippen LogP contribution is 2.39. The Kier molecular flexibility index (Phi) is 7.43. The van der Waals surface area contributed by atoms with E-state index in [0.717, 1.165) is 54.6 Å². The molecule has 0 amide bonds. The topological polar surface area (TPSA) is 182 Å². The van der Waals surface area contributed by atoms with Crippen molar-refractivity contribution in [3.05, 3.63) is 121 Å². The minimum atomic E-state index is -4.78. The third kappa shape index (κ3) is 5.96. The van der Waals surface area contributed by atoms with Crippen LogP contribution >= 0.6 is 0 Å². The number of anilines is 1. The predicted octanol–water partition coefficient (Wildman–Crippen LogP) is 5.50. The number of non-ortho nitro benzene ring substituents is 1. The Balaban J connectivity index is 1.87. The van der Waals surface area contributed by atoms with Gasteiger partial charge in [0.05, 0.1) is 42.6 Å². The maximum Gasteiger partial charge on any atom is 0.416 e. The van der Waals surface area contributed by atoms with E-state index in [1.165, 1.54) is 12.1 Å². The maximum absolute atomic E-state index is 13.6. The van der Waals surface area contributed by atoms with Gasteiger partial charge >= 0.3 is 17.8 Å². The smallest absolute Gasteiger partial charge is 0.416 e. The number of hydrazone groups is 1. The molecule has 41 heavy (non-hydrogen) atoms. The van der Waals surface area contributed by atoms with Crippen molar-refractivity contribution < 1.29 is 41.3 Å². The average Bonchev–Trinajstić information content (AvgIpc) is 2.91. The number of nitro benzene ring substituents is 2. The van der Waals surface area contributed by atoms with Gasteiger partial charge in [-0.1, -0.05) is 24.3 Å². The van der Waals surface area contributed by atoms with Crippen molar-refractivity contribution in [2.45, 2.75) is 6.18 Å². The molecule has 1 aliphatic rings. The summed E-state index contributed by atoms with van der Waals surface area (Å²) in [5, 5.41) is 35.6. The van der Waals surface area contributed by atoms with Crippen LogP contribution in [0.15, 0.2) is 84.0 Å². The lowest BCUT2D eigenvalue weighted by Gasteiger charge is -2.19. The first kappa shape index (κ1) is 28.6. The molecule has 1 aliphatic heterocycles. The van der Waals surface area contributed by atoms with Gasteiger partial charge in [0.2, 0.25) is 9.84 Å². The van der Waals surface area contributed by atoms with E-state index >= 15 is 0 Å². The molecule has 12 nitrogen and oxygen atoms in total. The lowest BCUT2D eigenvalue weighted by Crippen LogP contribution is -2.15. The fourth-order valence-corrected chi connectivity index (χ4v) is 5.43. The van der Waals surface area contributed by atoms with Gasteiger partial charge in [-0.15, -0.1) is 0 Å². The van der Waals surface area contributed by atoms with Crippen LogP contribution in [0.5, 0.6) is 0 Å². The summed E-state index contributed by atoms with van der Waals surface area (Å²) >= 11 is 0. The summed E-state index contributed by atoms with van der Waals surface area (Å²) in [4.78, 5) is 30.9. The van der Waals surface area contributed by atoms with Crippen LogP contribution in [0, 0.1) is 20.2 Å². The SMILES string of the molecule is O=C(O)c1ccc(C2=CC(=NNc3ccc([N+](=O)[O-])cc3[N+](=O)[O-])C=C(c3cccc(C(F)(F)F)c3)S2(=O)=O)cc1. The van der Waals surface area contributed by atoms with Crippen LogP contribution in [-0.2, 0) is 16.0 Å². The van der Waals surface area contributed by atoms with Crippen molar-refractivity contribution in [2.24, 2.45) is 5.10 Å². The van der Waals surface area contributed by atoms with Crippen LogP contribution in [0.25, 0.3) is 9.81 Å². The number of halogens is 3. The summed E-state index contributed by atoms with van der Waals surface area (Å²) in [6.45, 7) is 0. The zero-order valence-corrected chi connectivity index (χ0v) is 21.0. The van der Waals surface area contributed by atoms with Crippen LogP contribution in [0.1, 0.15) is 27.0 Å². The van der Waals surface area contributed by atoms with Crippen LogP contribution < -0.4 is 5.43 Å². The van der Waals surface area contributed by atoms with E-state index in [9.17, 15) is 46.6 Å². The van der Waals surface area contributed by atoms with Gasteiger partial charge in [-0.2, -0.15) is 18.3 Å². The molecule has 0 aliphatic carbocycles. The summed E-state index contributed by atoms with van der Waals surface area (Å²) in [5.41, 5.74) is -1.06. The predicted molar refractivity (Wildman–Crippen MR) is 141 cm³/mol. The first-order valence-corrected chi connectivity index (χ1v) is 12.6. The summed E-state index contributed by atoms with van der Waals surface area (Å²) in [6, 6.07) is 10.8. The molecule has 210 valence electrons. The van der Waals surface area contributed by atoms with Crippen molar-refractivity contribution in [3.8, 4) is 0 Å². The standard InChI is InChI=1S/C25H15F3N4O8S/c26-25(27,28)17-3-1-2-16(10-17)23-12-18(29-30-20-9-8-19(31(35)36)13-21(20)32(37)38)11-22(41(23,39)40)14-4-6-15(7-5-14)24(33)34/h1-13,30H,(H,33,34). The van der Waals surface area contributed by atoms with Crippen molar-refractivity contribution in [1.29, 1.82) is 0 Å². The number of rotatable bonds is 7. The molecule has 1 heterocycles. The number of aromatic carboxylic acids is 1. The lowest BCUT2D eigenvalue weighted by molar-refractivity contribution is -0.393. The van der Waals surface area contributed by atoms with Gasteiger partial charge < -0.3 is 5.11 Å². The van der Waals surface area contributed by atoms with E-state index in [4.69, 9.17) is 5.11 Å². The number of carbonyl (C=O) groups is 1. The second kappa shape index (κ2) is 10.6. The number of sulfone groups is 1. The van der Waals surface area contributed by atoms with Crippen molar-refractivity contribution >= 4 is 48.4 Å². The summed E-state index contributed by atoms with van der Waals surface area (Å²) in [5.74, 6) is -1.28. The normalized spacial score (nSPS) is 15.5. The molecule has 0 spiro atoms. The van der Waals surface area contributed by atoms with E-state index in [1.54, 1.807) is 0 Å². The average molecular weight is 588 g/mol. The Morgan fingerprint density at radius 2 is 1.51 bits per heavy atom. The third-order valence-corrected chi connectivity index (χ3v) is 7.59. The van der Waals surface area contributed by atoms with E-state index in [1.807, 2.05) is 0 Å². The van der Waals surface area contributed by atoms with Gasteiger partial charge in [-0.05, 0) is 53.6 Å². The largest absolute Gasteiger partial charge is 0.478 e. The number of benzene rings is 3. The fourth-order valence-electron chi connectivity index (χ4n) is 3.76. The minimum Gasteiger partial charge on any atom is -0.478 e. The number of nitrogens with zero attached hydrogens (tertiary/aromatic N) is 3. The molecule has 0 saturated carbocycles. The van der Waals surface area contributed by atoms with E-state index in [2.05, 4.69) is 10.5 Å². The molecule has 2 N–H and O–H groups in total. The third-order valence-electron chi connectivity index (χ3n) is 5.72. The van der Waals surface area contributed by atoms with Crippen molar-refractivity contribution in [3.63, 3.8) is 0 Å². The quantitative estimate of drug-likeness (QED) is 0.266. The highest BCUT2D eigenvalue weighted by Gasteiger charge is 2.34. The molecular formula is C25H15F3N4O8S. The molecule has 0 atom stereocenters. The molecule has 3 aromatic rings. The number of nitrogens with one attached hydrogen (secondary N) is 1. The molecular weight excluding hydrogens is 573 g/mol. The zero-order chi connectivity index (χ0) is 30.1. The molecule has 0 saturated heterocycles. The maximum atomic E-state index is 13.6. The molecule has 16 heteroatoms. The Labute approximate surface area is 228 Å². The van der Waals surface area contributed by atoms with Crippen LogP contribution in [0.4, 0.5) is 30.2 Å². The number of carboxylic acids is 1. The van der Waals surface area contributed by atoms with Gasteiger partial charge in [0.15, 0.2) is 0 Å². The van der Waals surface area contributed by atoms with Crippen molar-refractivity contribution in [2.75, 3.05) is 5.43 Å². The van der Waals surface area contributed by atoms with E-state index in [-0.39, 0.29) is 28.1 Å². The Bertz CT molecular complexity index is 1800. The van der Waals surface area contributed by atoms with Gasteiger partial charge in [-0.3, -0.25) is 25.7 Å². The van der Waals surface area contributed by atoms with E-state index < -0.39 is 58.6 Å². The summed E-state index contributed by atoms with van der Waals surface area (Å²) < 4.78 is 67.3. The second-order valence-corrected chi connectivity index (χ2v) is 10.2. The number of allylic oxidation sites excluding steroid dienone is 2. The monoisotopic (exact) mass is 588 g/mol. The lowest BCUT2D eigenvalue weighted by atomic mass is 10.1. The van der Waals surface area contributed by atoms with Crippen LogP contribution in [0.3, 0.4) is 0 Å². The van der Waals surface area contributed by atoms with Gasteiger partial charge in [0.25, 0.3) is 5.69 Å². The van der Waals surface area contributed by atoms with Crippen LogP contribution in [-0.4, -0.2) is 35.1 Å². The zero-order valence-electron chi connectivity index (χ0n) is 20.2. The van der Waals surface area contributed by atoms with Crippen molar-refractivity contribution in [1.82, 2.24) is 0 Å². The molecule has 0 unspecified atom stereocenters. The Morgan fingerprint density at radius 3 is 2.07 bits per heavy atom. The molecule has 0 bridgehead atoms. The van der Waals surface area contributed by atoms with E-state index in [0.29, 0.717) is 12.1 Å². The summed E-state index contributed by atoms with van der Waals surface area (Å²) in [7, 11) is -4.50. The number of carboxylic acid groups (broad SMARTS) is 1. The molecule has 0 aromatic heterocycles. The summed E-state index contributed by atoms with van der Waals surface area (Å²) in [6.07, 6.45) is -2.80. The van der Waals surface area contributed by atoms with Gasteiger partial charge in [0.1, 0.15) is 5.69 Å². The van der Waals surface area contributed by atoms with Gasteiger partial charge in [0, 0.05) is 6.07 Å². The first-order chi connectivity index (χ1) is 19.2. The molecule has 0 radical (unpaired) electrons. The highest BCUT2D eigenvalue weighted by atomic mass is 32.2. The number of alkyl halides is 3. The molecule has 0 fully saturated rings. The second-order valence-electron chi connectivity index (χ2n) is 8.35. The molecule has 3 aromatic carbocycles. The molecule has 4 rings (SSSR count). The number of hydrogen-bond acceptors (Lipinski definition) is 9. The highest BCUT2D eigenvalue weighted by molar-refractivity contribution is 8.09. The number of hydrogen-bond donors (Lipinski definition) is 2. The minimum absolute atomic E-state index is 0.0124. The van der Waals surface area contributed by atoms with Crippen LogP contribution in [0.2, 0.25) is 0 Å². The number of nitro groups is 2. The first-order valence-electron chi connectivity index (χ1n) is 11.1. The Morgan fingerprint density at radius 1 is 0.878 bits per heavy atom. The van der Waals surface area contributed by atoms with Gasteiger partial charge in [-0.25, -0.2) is 13.2 Å². The fraction of sp³-hybridized carbons (Fsp3) is 0.0400. The Hall–Kier alpha value is -5.38.